The van der Waals surface area contributed by atoms with E-state index in [4.69, 9.17) is 10.1 Å². The number of aliphatic hydroxyl groups excluding tert-OH is 1. The van der Waals surface area contributed by atoms with Gasteiger partial charge in [-0.15, -0.1) is 0 Å². The smallest absolute Gasteiger partial charge is 0.253 e. The maximum atomic E-state index is 13.4. The van der Waals surface area contributed by atoms with Crippen LogP contribution in [0, 0.1) is 28.1 Å². The normalized spacial score (nSPS) is 33.7. The average molecular weight is 420 g/mol. The minimum absolute atomic E-state index is 0.0759. The summed E-state index contributed by atoms with van der Waals surface area (Å²) >= 11 is 0. The Bertz CT molecular complexity index is 683. The molecule has 30 heavy (non-hydrogen) atoms. The highest BCUT2D eigenvalue weighted by atomic mass is 16.5. The van der Waals surface area contributed by atoms with Gasteiger partial charge >= 0.3 is 0 Å². The van der Waals surface area contributed by atoms with E-state index >= 15 is 0 Å². The van der Waals surface area contributed by atoms with Crippen molar-refractivity contribution in [1.29, 1.82) is 5.41 Å². The van der Waals surface area contributed by atoms with Crippen molar-refractivity contribution in [2.75, 3.05) is 20.3 Å². The molecule has 3 fully saturated rings. The van der Waals surface area contributed by atoms with Crippen molar-refractivity contribution in [1.82, 2.24) is 10.6 Å². The summed E-state index contributed by atoms with van der Waals surface area (Å²) < 4.78 is 6.07. The molecular weight excluding hydrogens is 378 g/mol. The van der Waals surface area contributed by atoms with E-state index in [-0.39, 0.29) is 29.8 Å². The van der Waals surface area contributed by atoms with Crippen LogP contribution in [0.4, 0.5) is 0 Å². The lowest BCUT2D eigenvalue weighted by Crippen LogP contribution is -2.59. The van der Waals surface area contributed by atoms with E-state index < -0.39 is 5.54 Å². The number of rotatable bonds is 9. The molecule has 0 spiro atoms. The first kappa shape index (κ1) is 23.1. The first-order valence-electron chi connectivity index (χ1n) is 11.7. The van der Waals surface area contributed by atoms with Gasteiger partial charge in [-0.1, -0.05) is 40.0 Å². The van der Waals surface area contributed by atoms with Crippen LogP contribution in [0.15, 0.2) is 11.5 Å². The third kappa shape index (κ3) is 4.00. The van der Waals surface area contributed by atoms with Crippen LogP contribution in [-0.2, 0) is 9.53 Å². The van der Waals surface area contributed by atoms with E-state index in [0.29, 0.717) is 29.9 Å². The number of carbonyl (C=O) groups excluding carboxylic acids is 1. The maximum absolute atomic E-state index is 13.4. The number of nitrogens with one attached hydrogen (secondary N) is 3. The molecule has 0 heterocycles. The quantitative estimate of drug-likeness (QED) is 0.260. The number of carbonyl (C=O) groups is 1. The van der Waals surface area contributed by atoms with Gasteiger partial charge in [-0.3, -0.25) is 4.79 Å². The maximum Gasteiger partial charge on any atom is 0.253 e. The lowest BCUT2D eigenvalue weighted by molar-refractivity contribution is -0.122. The van der Waals surface area contributed by atoms with Crippen LogP contribution in [0.25, 0.3) is 0 Å². The minimum atomic E-state index is -0.657. The van der Waals surface area contributed by atoms with Crippen LogP contribution in [0.2, 0.25) is 0 Å². The molecule has 3 unspecified atom stereocenters. The molecule has 1 amide bonds. The van der Waals surface area contributed by atoms with Gasteiger partial charge in [0.15, 0.2) is 5.88 Å². The van der Waals surface area contributed by atoms with Gasteiger partial charge in [-0.05, 0) is 54.8 Å². The van der Waals surface area contributed by atoms with Crippen molar-refractivity contribution in [3.8, 4) is 0 Å². The van der Waals surface area contributed by atoms with Crippen LogP contribution in [-0.4, -0.2) is 43.0 Å². The zero-order valence-electron chi connectivity index (χ0n) is 19.3. The van der Waals surface area contributed by atoms with Gasteiger partial charge in [0.05, 0.1) is 24.3 Å². The largest absolute Gasteiger partial charge is 0.479 e. The Labute approximate surface area is 181 Å². The van der Waals surface area contributed by atoms with Crippen molar-refractivity contribution < 1.29 is 14.6 Å². The summed E-state index contributed by atoms with van der Waals surface area (Å²) in [6, 6.07) is 0. The molecule has 4 N–H and O–H groups in total. The van der Waals surface area contributed by atoms with Crippen molar-refractivity contribution in [3.05, 3.63) is 11.5 Å². The molecule has 3 atom stereocenters. The third-order valence-electron chi connectivity index (χ3n) is 8.55. The lowest BCUT2D eigenvalue weighted by atomic mass is 9.57. The predicted octanol–water partition coefficient (Wildman–Crippen LogP) is 3.75. The van der Waals surface area contributed by atoms with Crippen molar-refractivity contribution in [3.63, 3.8) is 0 Å². The summed E-state index contributed by atoms with van der Waals surface area (Å²) in [6.45, 7) is 7.16. The summed E-state index contributed by atoms with van der Waals surface area (Å²) in [6.07, 6.45) is 10.7. The summed E-state index contributed by atoms with van der Waals surface area (Å²) in [5.41, 5.74) is -0.233. The Morgan fingerprint density at radius 2 is 1.90 bits per heavy atom. The van der Waals surface area contributed by atoms with Gasteiger partial charge in [0.2, 0.25) is 0 Å². The molecule has 170 valence electrons. The number of aliphatic hydroxyl groups is 1. The number of ether oxygens (including phenoxy) is 1. The number of amides is 1. The van der Waals surface area contributed by atoms with E-state index in [1.807, 2.05) is 0 Å². The summed E-state index contributed by atoms with van der Waals surface area (Å²) in [5.74, 6) is 1.25. The zero-order valence-corrected chi connectivity index (χ0v) is 19.3. The van der Waals surface area contributed by atoms with Crippen molar-refractivity contribution in [2.45, 2.75) is 84.1 Å². The van der Waals surface area contributed by atoms with Gasteiger partial charge < -0.3 is 25.9 Å². The van der Waals surface area contributed by atoms with Gasteiger partial charge in [-0.25, -0.2) is 0 Å². The Morgan fingerprint density at radius 1 is 1.20 bits per heavy atom. The molecule has 0 aromatic rings. The fraction of sp³-hybridized carbons (Fsp3) is 0.833. The Morgan fingerprint density at radius 3 is 2.37 bits per heavy atom. The first-order valence-corrected chi connectivity index (χ1v) is 11.7. The molecule has 0 bridgehead atoms. The Hall–Kier alpha value is -1.56. The van der Waals surface area contributed by atoms with Gasteiger partial charge in [0.25, 0.3) is 5.91 Å². The number of hydrogen-bond acceptors (Lipinski definition) is 5. The summed E-state index contributed by atoms with van der Waals surface area (Å²) in [4.78, 5) is 13.4. The van der Waals surface area contributed by atoms with Crippen LogP contribution in [0.5, 0.6) is 0 Å². The van der Waals surface area contributed by atoms with Crippen LogP contribution < -0.4 is 10.6 Å². The molecule has 6 nitrogen and oxygen atoms in total. The van der Waals surface area contributed by atoms with Crippen molar-refractivity contribution >= 4 is 12.1 Å². The fourth-order valence-electron chi connectivity index (χ4n) is 6.53. The third-order valence-corrected chi connectivity index (χ3v) is 8.55. The Kier molecular flexibility index (Phi) is 6.85. The SMILES string of the molecule is CN/C(OCC1CCCCC1)=C(\CC=N)C(=O)NC1(CO)CC2(C)CCC2C1(C)C. The highest BCUT2D eigenvalue weighted by Gasteiger charge is 2.67. The van der Waals surface area contributed by atoms with E-state index in [1.165, 1.54) is 38.3 Å². The second kappa shape index (κ2) is 8.89. The average Bonchev–Trinajstić information content (AvgIpc) is 2.82. The van der Waals surface area contributed by atoms with E-state index in [9.17, 15) is 9.90 Å². The van der Waals surface area contributed by atoms with Gasteiger partial charge in [0.1, 0.15) is 0 Å². The fourth-order valence-corrected chi connectivity index (χ4v) is 6.53. The van der Waals surface area contributed by atoms with Crippen molar-refractivity contribution in [2.24, 2.45) is 22.7 Å². The molecule has 3 aliphatic rings. The molecule has 0 aromatic heterocycles. The highest BCUT2D eigenvalue weighted by molar-refractivity contribution is 5.97. The minimum Gasteiger partial charge on any atom is -0.479 e. The van der Waals surface area contributed by atoms with E-state index in [1.54, 1.807) is 7.05 Å². The van der Waals surface area contributed by atoms with Gasteiger partial charge in [-0.2, -0.15) is 0 Å². The molecule has 6 heteroatoms. The lowest BCUT2D eigenvalue weighted by Gasteiger charge is -2.49. The molecule has 0 radical (unpaired) electrons. The number of hydrogen-bond donors (Lipinski definition) is 4. The molecule has 0 aliphatic heterocycles. The highest BCUT2D eigenvalue weighted by Crippen LogP contribution is 2.68. The Balaban J connectivity index is 1.79. The van der Waals surface area contributed by atoms with E-state index in [0.717, 1.165) is 19.3 Å². The van der Waals surface area contributed by atoms with Crippen LogP contribution in [0.3, 0.4) is 0 Å². The second-order valence-corrected chi connectivity index (χ2v) is 10.6. The van der Waals surface area contributed by atoms with Crippen LogP contribution in [0.1, 0.15) is 78.6 Å². The molecule has 0 saturated heterocycles. The van der Waals surface area contributed by atoms with Gasteiger partial charge in [0, 0.05) is 19.7 Å². The molecule has 3 saturated carbocycles. The standard InChI is InChI=1S/C24H41N3O3/c1-22(2)19-10-12-23(19,3)15-24(22,16-28)27-20(29)18(11-13-25)21(26-4)30-14-17-8-6-5-7-9-17/h13,17,19,25-26,28H,5-12,14-16H2,1-4H3,(H,27,29)/b21-18-,25-13?. The summed E-state index contributed by atoms with van der Waals surface area (Å²) in [7, 11) is 1.76. The molecular formula is C24H41N3O3. The monoisotopic (exact) mass is 419 g/mol. The topological polar surface area (TPSA) is 94.4 Å². The molecule has 3 aliphatic carbocycles. The number of fused-ring (bicyclic) bond motifs is 1. The van der Waals surface area contributed by atoms with E-state index in [2.05, 4.69) is 31.4 Å². The molecule has 0 aromatic carbocycles. The predicted molar refractivity (Wildman–Crippen MR) is 119 cm³/mol. The first-order chi connectivity index (χ1) is 14.2. The zero-order chi connectivity index (χ0) is 22.0. The second-order valence-electron chi connectivity index (χ2n) is 10.6. The molecule has 3 rings (SSSR count). The van der Waals surface area contributed by atoms with Crippen LogP contribution >= 0.6 is 0 Å². The summed E-state index contributed by atoms with van der Waals surface area (Å²) in [5, 5.41) is 24.3.